The van der Waals surface area contributed by atoms with Gasteiger partial charge in [-0.15, -0.1) is 0 Å². The maximum Gasteiger partial charge on any atom is 0.417 e. The number of carbonyl (C=O) groups is 1. The van der Waals surface area contributed by atoms with Gasteiger partial charge in [-0.2, -0.15) is 13.2 Å². The van der Waals surface area contributed by atoms with Crippen molar-refractivity contribution in [1.29, 1.82) is 0 Å². The highest BCUT2D eigenvalue weighted by atomic mass is 35.5. The number of pyridine rings is 2. The van der Waals surface area contributed by atoms with Gasteiger partial charge in [0.15, 0.2) is 5.69 Å². The fraction of sp³-hybridized carbons (Fsp3) is 0.150. The average Bonchev–Trinajstić information content (AvgIpc) is 2.72. The van der Waals surface area contributed by atoms with Crippen LogP contribution in [-0.2, 0) is 16.2 Å². The van der Waals surface area contributed by atoms with Gasteiger partial charge >= 0.3 is 6.18 Å². The number of hydrogen-bond donors (Lipinski definition) is 1. The van der Waals surface area contributed by atoms with E-state index in [1.54, 1.807) is 25.1 Å². The molecule has 3 rings (SSSR count). The number of amides is 1. The van der Waals surface area contributed by atoms with Gasteiger partial charge in [0.1, 0.15) is 5.82 Å². The summed E-state index contributed by atoms with van der Waals surface area (Å²) in [5.41, 5.74) is -1.34. The van der Waals surface area contributed by atoms with Gasteiger partial charge in [-0.1, -0.05) is 29.3 Å². The van der Waals surface area contributed by atoms with Crippen molar-refractivity contribution in [2.75, 3.05) is 16.7 Å². The molecule has 13 heteroatoms. The van der Waals surface area contributed by atoms with Crippen LogP contribution in [0.15, 0.2) is 53.6 Å². The molecule has 0 unspecified atom stereocenters. The summed E-state index contributed by atoms with van der Waals surface area (Å²) in [4.78, 5) is 21.6. The van der Waals surface area contributed by atoms with Crippen LogP contribution in [0, 0.1) is 6.92 Å². The lowest BCUT2D eigenvalue weighted by atomic mass is 10.2. The maximum atomic E-state index is 13.2. The molecule has 1 aromatic carbocycles. The zero-order chi connectivity index (χ0) is 24.6. The molecule has 0 atom stereocenters. The molecule has 0 aliphatic carbocycles. The Kier molecular flexibility index (Phi) is 6.87. The predicted molar refractivity (Wildman–Crippen MR) is 118 cm³/mol. The summed E-state index contributed by atoms with van der Waals surface area (Å²) in [6.45, 7) is 1.73. The van der Waals surface area contributed by atoms with Crippen molar-refractivity contribution >= 4 is 50.6 Å². The van der Waals surface area contributed by atoms with Crippen molar-refractivity contribution < 1.29 is 26.4 Å². The lowest BCUT2D eigenvalue weighted by Gasteiger charge is -2.19. The topological polar surface area (TPSA) is 92.3 Å². The average molecular weight is 519 g/mol. The number of rotatable bonds is 5. The van der Waals surface area contributed by atoms with E-state index in [9.17, 15) is 26.4 Å². The summed E-state index contributed by atoms with van der Waals surface area (Å²) in [6.07, 6.45) is -3.74. The van der Waals surface area contributed by atoms with Crippen LogP contribution in [-0.4, -0.2) is 31.3 Å². The minimum Gasteiger partial charge on any atom is -0.294 e. The maximum absolute atomic E-state index is 13.2. The molecule has 7 nitrogen and oxygen atoms in total. The fourth-order valence-electron chi connectivity index (χ4n) is 2.76. The molecule has 0 fully saturated rings. The van der Waals surface area contributed by atoms with Crippen molar-refractivity contribution in [2.24, 2.45) is 0 Å². The third-order valence-electron chi connectivity index (χ3n) is 4.38. The van der Waals surface area contributed by atoms with Crippen LogP contribution in [0.1, 0.15) is 21.7 Å². The zero-order valence-electron chi connectivity index (χ0n) is 17.0. The van der Waals surface area contributed by atoms with Crippen molar-refractivity contribution in [3.8, 4) is 0 Å². The minimum absolute atomic E-state index is 0.00679. The summed E-state index contributed by atoms with van der Waals surface area (Å²) in [6, 6.07) is 8.21. The monoisotopic (exact) mass is 518 g/mol. The number of nitrogens with one attached hydrogen (secondary N) is 1. The molecular formula is C20H15Cl2F3N4O3S. The minimum atomic E-state index is -4.87. The molecule has 0 spiro atoms. The Bertz CT molecular complexity index is 1330. The summed E-state index contributed by atoms with van der Waals surface area (Å²) < 4.78 is 67.2. The van der Waals surface area contributed by atoms with E-state index < -0.39 is 37.6 Å². The molecule has 2 aromatic heterocycles. The zero-order valence-corrected chi connectivity index (χ0v) is 19.3. The molecule has 1 amide bonds. The fourth-order valence-corrected chi connectivity index (χ4v) is 4.22. The van der Waals surface area contributed by atoms with Crippen molar-refractivity contribution in [1.82, 2.24) is 9.97 Å². The number of nitrogens with zero attached hydrogens (tertiary/aromatic N) is 3. The first-order chi connectivity index (χ1) is 15.3. The summed E-state index contributed by atoms with van der Waals surface area (Å²) in [5, 5.41) is -0.665. The highest BCUT2D eigenvalue weighted by Crippen LogP contribution is 2.36. The Hall–Kier alpha value is -2.89. The van der Waals surface area contributed by atoms with Crippen LogP contribution in [0.4, 0.5) is 24.7 Å². The summed E-state index contributed by atoms with van der Waals surface area (Å²) >= 11 is 11.5. The summed E-state index contributed by atoms with van der Waals surface area (Å²) in [5.74, 6) is -0.451. The molecule has 0 bridgehead atoms. The molecular weight excluding hydrogens is 504 g/mol. The Morgan fingerprint density at radius 3 is 2.45 bits per heavy atom. The molecule has 2 heterocycles. The number of sulfonamides is 1. The van der Waals surface area contributed by atoms with Crippen LogP contribution >= 0.6 is 23.2 Å². The lowest BCUT2D eigenvalue weighted by Crippen LogP contribution is -2.29. The van der Waals surface area contributed by atoms with E-state index in [-0.39, 0.29) is 22.2 Å². The first kappa shape index (κ1) is 24.7. The van der Waals surface area contributed by atoms with E-state index in [1.165, 1.54) is 7.05 Å². The van der Waals surface area contributed by atoms with Crippen LogP contribution in [0.2, 0.25) is 10.0 Å². The van der Waals surface area contributed by atoms with Crippen LogP contribution in [0.25, 0.3) is 0 Å². The molecule has 0 saturated heterocycles. The van der Waals surface area contributed by atoms with Crippen molar-refractivity contribution in [2.45, 2.75) is 18.0 Å². The molecule has 0 aliphatic heterocycles. The van der Waals surface area contributed by atoms with E-state index >= 15 is 0 Å². The molecule has 0 radical (unpaired) electrons. The Morgan fingerprint density at radius 1 is 1.12 bits per heavy atom. The van der Waals surface area contributed by atoms with E-state index in [4.69, 9.17) is 23.2 Å². The second kappa shape index (κ2) is 9.16. The first-order valence-corrected chi connectivity index (χ1v) is 11.3. The summed E-state index contributed by atoms with van der Waals surface area (Å²) in [7, 11) is -3.17. The van der Waals surface area contributed by atoms with Gasteiger partial charge in [0, 0.05) is 18.9 Å². The molecule has 0 saturated carbocycles. The Morgan fingerprint density at radius 2 is 1.82 bits per heavy atom. The third kappa shape index (κ3) is 5.55. The van der Waals surface area contributed by atoms with Gasteiger partial charge < -0.3 is 0 Å². The number of carbonyl (C=O) groups excluding carboxylic acids is 1. The van der Waals surface area contributed by atoms with Gasteiger partial charge in [0.2, 0.25) is 0 Å². The van der Waals surface area contributed by atoms with E-state index in [1.807, 2.05) is 0 Å². The number of halogens is 5. The Balaban J connectivity index is 2.01. The standard InChI is InChI=1S/C20H15Cl2F3N4O3S/c1-11-4-3-5-17(27-11)29(2)19(30)18-16(8-12(21)10-26-18)28-33(31,32)13-6-7-15(22)14(9-13)20(23,24)25/h3-10,28H,1-2H3. The van der Waals surface area contributed by atoms with Crippen LogP contribution in [0.5, 0.6) is 0 Å². The smallest absolute Gasteiger partial charge is 0.294 e. The number of alkyl halides is 3. The van der Waals surface area contributed by atoms with Gasteiger partial charge in [0.25, 0.3) is 15.9 Å². The third-order valence-corrected chi connectivity index (χ3v) is 6.28. The van der Waals surface area contributed by atoms with E-state index in [0.29, 0.717) is 11.8 Å². The molecule has 1 N–H and O–H groups in total. The SMILES string of the molecule is Cc1cccc(N(C)C(=O)c2ncc(Cl)cc2NS(=O)(=O)c2ccc(Cl)c(C(F)(F)F)c2)n1. The highest BCUT2D eigenvalue weighted by Gasteiger charge is 2.35. The molecule has 33 heavy (non-hydrogen) atoms. The Labute approximate surface area is 197 Å². The van der Waals surface area contributed by atoms with Gasteiger partial charge in [0.05, 0.1) is 26.2 Å². The van der Waals surface area contributed by atoms with Gasteiger partial charge in [-0.3, -0.25) is 14.4 Å². The molecule has 174 valence electrons. The number of aryl methyl sites for hydroxylation is 1. The largest absolute Gasteiger partial charge is 0.417 e. The normalized spacial score (nSPS) is 11.8. The predicted octanol–water partition coefficient (Wildman–Crippen LogP) is 5.19. The van der Waals surface area contributed by atoms with Crippen molar-refractivity contribution in [3.63, 3.8) is 0 Å². The second-order valence-electron chi connectivity index (χ2n) is 6.80. The highest BCUT2D eigenvalue weighted by molar-refractivity contribution is 7.92. The first-order valence-electron chi connectivity index (χ1n) is 9.06. The molecule has 3 aromatic rings. The number of anilines is 2. The number of benzene rings is 1. The number of hydrogen-bond acceptors (Lipinski definition) is 5. The van der Waals surface area contributed by atoms with Crippen molar-refractivity contribution in [3.05, 3.63) is 75.7 Å². The van der Waals surface area contributed by atoms with Crippen LogP contribution in [0.3, 0.4) is 0 Å². The lowest BCUT2D eigenvalue weighted by molar-refractivity contribution is -0.137. The van der Waals surface area contributed by atoms with E-state index in [0.717, 1.165) is 29.3 Å². The van der Waals surface area contributed by atoms with Gasteiger partial charge in [-0.05, 0) is 43.3 Å². The number of aromatic nitrogens is 2. The quantitative estimate of drug-likeness (QED) is 0.501. The second-order valence-corrected chi connectivity index (χ2v) is 9.32. The van der Waals surface area contributed by atoms with E-state index in [2.05, 4.69) is 14.7 Å². The van der Waals surface area contributed by atoms with Gasteiger partial charge in [-0.25, -0.2) is 18.4 Å². The van der Waals surface area contributed by atoms with Crippen LogP contribution < -0.4 is 9.62 Å². The molecule has 0 aliphatic rings.